The van der Waals surface area contributed by atoms with Crippen molar-refractivity contribution in [3.63, 3.8) is 0 Å². The zero-order chi connectivity index (χ0) is 46.3. The minimum absolute atomic E-state index is 0.0334. The lowest BCUT2D eigenvalue weighted by Crippen LogP contribution is -2.61. The van der Waals surface area contributed by atoms with E-state index in [2.05, 4.69) is 6.92 Å². The summed E-state index contributed by atoms with van der Waals surface area (Å²) in [7, 11) is 2.97. The van der Waals surface area contributed by atoms with E-state index in [9.17, 15) is 39.3 Å². The van der Waals surface area contributed by atoms with Gasteiger partial charge in [0.25, 0.3) is 11.7 Å². The number of carbonyl (C=O) groups excluding carboxylic acids is 5. The molecule has 4 heterocycles. The Morgan fingerprint density at radius 2 is 1.56 bits per heavy atom. The molecule has 5 aliphatic rings. The molecule has 16 atom stereocenters. The molecule has 3 saturated heterocycles. The molecular formula is C50H75NO12. The number of carbonyl (C=O) groups is 5. The lowest BCUT2D eigenvalue weighted by Gasteiger charge is -2.43. The summed E-state index contributed by atoms with van der Waals surface area (Å²) >= 11 is 0. The van der Waals surface area contributed by atoms with Crippen molar-refractivity contribution in [3.05, 3.63) is 47.6 Å². The van der Waals surface area contributed by atoms with Crippen LogP contribution in [0.5, 0.6) is 0 Å². The zero-order valence-electron chi connectivity index (χ0n) is 39.1. The molecule has 2 unspecified atom stereocenters. The Balaban J connectivity index is 1.48. The van der Waals surface area contributed by atoms with Crippen LogP contribution in [0.2, 0.25) is 0 Å². The molecule has 3 N–H and O–H groups in total. The van der Waals surface area contributed by atoms with Gasteiger partial charge < -0.3 is 39.2 Å². The first-order valence-electron chi connectivity index (χ1n) is 23.4. The Morgan fingerprint density at radius 1 is 0.825 bits per heavy atom. The van der Waals surface area contributed by atoms with Crippen LogP contribution in [0.15, 0.2) is 47.6 Å². The summed E-state index contributed by atoms with van der Waals surface area (Å²) in [4.78, 5) is 71.7. The molecule has 0 radical (unpaired) electrons. The van der Waals surface area contributed by atoms with Crippen LogP contribution in [0, 0.1) is 47.3 Å². The topological polar surface area (TPSA) is 186 Å². The number of amides is 1. The number of ether oxygens (including phenoxy) is 4. The summed E-state index contributed by atoms with van der Waals surface area (Å²) in [5, 5.41) is 33.9. The van der Waals surface area contributed by atoms with E-state index in [0.717, 1.165) is 12.0 Å². The van der Waals surface area contributed by atoms with Crippen LogP contribution < -0.4 is 0 Å². The van der Waals surface area contributed by atoms with Gasteiger partial charge in [-0.25, -0.2) is 4.79 Å². The average Bonchev–Trinajstić information content (AvgIpc) is 3.34. The lowest BCUT2D eigenvalue weighted by molar-refractivity contribution is -0.264. The Labute approximate surface area is 374 Å². The van der Waals surface area contributed by atoms with Gasteiger partial charge in [-0.05, 0) is 113 Å². The van der Waals surface area contributed by atoms with Crippen LogP contribution in [0.1, 0.15) is 119 Å². The summed E-state index contributed by atoms with van der Waals surface area (Å²) in [6, 6.07) is -1.10. The van der Waals surface area contributed by atoms with Crippen LogP contribution in [0.25, 0.3) is 0 Å². The molecule has 0 aromatic rings. The SMILES string of the molecule is CO[C@@H]1C[C@H](C[C@H]2C3CCN4C(=O)C(=O)[C@]5(O)O[C@@H](CC[C@H]5C)CC(C)/C(C)=C/C=C/C=C/[C@@H](C)C[C@@H](C)C(=O)[C@H](OC)[C@H](O)/C(C)=C/[C@@H](C)C(=O)C[C@@H]2OC(=O)[C@@H]4C3)CC[C@H]1O. The van der Waals surface area contributed by atoms with Gasteiger partial charge in [-0.1, -0.05) is 76.6 Å². The Hall–Kier alpha value is -3.33. The number of Topliss-reactive ketones (excluding diaryl/α,β-unsaturated/α-hetero) is 3. The fraction of sp³-hybridized carbons (Fsp3) is 0.740. The molecular weight excluding hydrogens is 807 g/mol. The monoisotopic (exact) mass is 882 g/mol. The van der Waals surface area contributed by atoms with Crippen molar-refractivity contribution in [1.29, 1.82) is 0 Å². The molecule has 352 valence electrons. The number of piperidine rings is 1. The molecule has 4 fully saturated rings. The number of allylic oxidation sites excluding steroid dienone is 7. The summed E-state index contributed by atoms with van der Waals surface area (Å²) in [5.74, 6) is -7.64. The molecule has 63 heavy (non-hydrogen) atoms. The second-order valence-corrected chi connectivity index (χ2v) is 19.7. The highest BCUT2D eigenvalue weighted by atomic mass is 16.6. The fourth-order valence-corrected chi connectivity index (χ4v) is 10.8. The number of hydrogen-bond acceptors (Lipinski definition) is 12. The van der Waals surface area contributed by atoms with Crippen LogP contribution >= 0.6 is 0 Å². The van der Waals surface area contributed by atoms with Gasteiger partial charge in [0.2, 0.25) is 5.79 Å². The molecule has 5 rings (SSSR count). The minimum atomic E-state index is -2.37. The van der Waals surface area contributed by atoms with Crippen molar-refractivity contribution in [3.8, 4) is 0 Å². The predicted molar refractivity (Wildman–Crippen MR) is 237 cm³/mol. The summed E-state index contributed by atoms with van der Waals surface area (Å²) in [5.41, 5.74) is 1.47. The maximum Gasteiger partial charge on any atom is 0.329 e. The number of ketones is 3. The number of aliphatic hydroxyl groups excluding tert-OH is 2. The maximum atomic E-state index is 14.3. The fourth-order valence-electron chi connectivity index (χ4n) is 10.8. The van der Waals surface area contributed by atoms with Gasteiger partial charge in [0.15, 0.2) is 5.78 Å². The van der Waals surface area contributed by atoms with Crippen LogP contribution in [-0.4, -0.2) is 119 Å². The van der Waals surface area contributed by atoms with Gasteiger partial charge in [-0.15, -0.1) is 0 Å². The molecule has 0 aromatic heterocycles. The number of fused-ring (bicyclic) bond motifs is 5. The number of rotatable bonds is 4. The van der Waals surface area contributed by atoms with Gasteiger partial charge >= 0.3 is 5.97 Å². The quantitative estimate of drug-likeness (QED) is 0.170. The third kappa shape index (κ3) is 12.1. The molecule has 1 saturated carbocycles. The van der Waals surface area contributed by atoms with Crippen molar-refractivity contribution < 1.29 is 58.2 Å². The van der Waals surface area contributed by atoms with Crippen LogP contribution in [0.4, 0.5) is 0 Å². The summed E-state index contributed by atoms with van der Waals surface area (Å²) < 4.78 is 23.6. The highest BCUT2D eigenvalue weighted by Crippen LogP contribution is 2.44. The maximum absolute atomic E-state index is 14.3. The van der Waals surface area contributed by atoms with Crippen molar-refractivity contribution in [2.45, 2.75) is 168 Å². The van der Waals surface area contributed by atoms with Gasteiger partial charge in [0, 0.05) is 44.9 Å². The molecule has 13 heteroatoms. The number of esters is 1. The van der Waals surface area contributed by atoms with E-state index in [-0.39, 0.29) is 66.6 Å². The number of nitrogens with zero attached hydrogens (tertiary/aromatic N) is 1. The van der Waals surface area contributed by atoms with Crippen molar-refractivity contribution in [2.24, 2.45) is 47.3 Å². The zero-order valence-corrected chi connectivity index (χ0v) is 39.1. The Kier molecular flexibility index (Phi) is 17.9. The van der Waals surface area contributed by atoms with E-state index in [1.54, 1.807) is 34.0 Å². The van der Waals surface area contributed by atoms with Crippen molar-refractivity contribution >= 4 is 29.2 Å². The molecule has 13 nitrogen and oxygen atoms in total. The van der Waals surface area contributed by atoms with E-state index < -0.39 is 77.8 Å². The summed E-state index contributed by atoms with van der Waals surface area (Å²) in [6.45, 7) is 13.1. The molecule has 0 spiro atoms. The second-order valence-electron chi connectivity index (χ2n) is 19.7. The summed E-state index contributed by atoms with van der Waals surface area (Å²) in [6.07, 6.45) is 11.9. The smallest absolute Gasteiger partial charge is 0.329 e. The number of hydrogen-bond donors (Lipinski definition) is 3. The Bertz CT molecular complexity index is 1770. The second kappa shape index (κ2) is 22.2. The van der Waals surface area contributed by atoms with E-state index in [1.165, 1.54) is 12.0 Å². The molecule has 4 aliphatic heterocycles. The average molecular weight is 882 g/mol. The molecule has 1 amide bonds. The largest absolute Gasteiger partial charge is 0.460 e. The normalized spacial score (nSPS) is 43.7. The number of methoxy groups -OCH3 is 2. The van der Waals surface area contributed by atoms with Crippen molar-refractivity contribution in [1.82, 2.24) is 4.90 Å². The molecule has 1 aliphatic carbocycles. The van der Waals surface area contributed by atoms with E-state index in [1.807, 2.05) is 51.2 Å². The van der Waals surface area contributed by atoms with E-state index in [4.69, 9.17) is 18.9 Å². The molecule has 0 aromatic carbocycles. The van der Waals surface area contributed by atoms with Gasteiger partial charge in [0.1, 0.15) is 30.1 Å². The van der Waals surface area contributed by atoms with Gasteiger partial charge in [-0.2, -0.15) is 0 Å². The third-order valence-electron chi connectivity index (χ3n) is 15.1. The predicted octanol–water partition coefficient (Wildman–Crippen LogP) is 6.02. The lowest BCUT2D eigenvalue weighted by atomic mass is 9.71. The molecule has 5 bridgehead atoms. The number of aliphatic hydroxyl groups is 3. The van der Waals surface area contributed by atoms with Crippen LogP contribution in [0.3, 0.4) is 0 Å². The first-order valence-corrected chi connectivity index (χ1v) is 23.4. The third-order valence-corrected chi connectivity index (χ3v) is 15.1. The standard InChI is InChI=1S/C50H75NO12/c1-28-13-11-10-12-14-29(2)30(3)23-37-17-15-34(7)50(59,63-37)47(56)48(57)51-20-19-36-26-39(51)49(58)62-42(38(36)24-35-16-18-40(52)43(25-35)60-8)27-41(53)31(4)22-33(6)45(55)46(61-9)44(54)32(5)21-28/h10-14,22,28,30-32,34-40,42-43,45-46,52,55,59H,15-21,23-27H2,1-9H3/b12-10+,13-11+,29-14+,33-22+/t28-,30?,31-,32-,34-,35+,36?,37+,38+,39+,40-,42+,43-,45-,46+,50-/m1/s1. The van der Waals surface area contributed by atoms with Crippen LogP contribution in [-0.2, 0) is 42.9 Å². The first kappa shape index (κ1) is 50.7. The van der Waals surface area contributed by atoms with E-state index >= 15 is 0 Å². The minimum Gasteiger partial charge on any atom is -0.460 e. The first-order chi connectivity index (χ1) is 29.8. The highest BCUT2D eigenvalue weighted by molar-refractivity contribution is 6.39. The van der Waals surface area contributed by atoms with Crippen molar-refractivity contribution in [2.75, 3.05) is 20.8 Å². The van der Waals surface area contributed by atoms with Gasteiger partial charge in [0.05, 0.1) is 18.3 Å². The highest BCUT2D eigenvalue weighted by Gasteiger charge is 2.55. The van der Waals surface area contributed by atoms with Gasteiger partial charge in [-0.3, -0.25) is 19.2 Å². The Morgan fingerprint density at radius 3 is 2.25 bits per heavy atom. The van der Waals surface area contributed by atoms with E-state index in [0.29, 0.717) is 56.9 Å².